The fraction of sp³-hybridized carbons (Fsp3) is 0. The van der Waals surface area contributed by atoms with Crippen molar-refractivity contribution in [1.29, 1.82) is 0 Å². The summed E-state index contributed by atoms with van der Waals surface area (Å²) < 4.78 is 1.97. The van der Waals surface area contributed by atoms with Crippen molar-refractivity contribution in [2.45, 2.75) is 0 Å². The molecule has 2 aromatic carbocycles. The third-order valence-electron chi connectivity index (χ3n) is 3.30. The van der Waals surface area contributed by atoms with Crippen LogP contribution < -0.4 is 0 Å². The fourth-order valence-corrected chi connectivity index (χ4v) is 2.42. The molecule has 0 aliphatic rings. The summed E-state index contributed by atoms with van der Waals surface area (Å²) in [5.74, 6) is 0. The number of rotatable bonds is 1. The molecule has 0 atom stereocenters. The highest BCUT2D eigenvalue weighted by molar-refractivity contribution is 6.03. The Morgan fingerprint density at radius 1 is 0.789 bits per heavy atom. The lowest BCUT2D eigenvalue weighted by molar-refractivity contribution is 0.913. The quantitative estimate of drug-likeness (QED) is 0.513. The van der Waals surface area contributed by atoms with E-state index >= 15 is 0 Å². The molecule has 0 aliphatic heterocycles. The number of nitrogens with zero attached hydrogens (tertiary/aromatic N) is 3. The van der Waals surface area contributed by atoms with Gasteiger partial charge < -0.3 is 0 Å². The van der Waals surface area contributed by atoms with Gasteiger partial charge in [-0.2, -0.15) is 5.10 Å². The standard InChI is InChI=1S/C16H11N3/c1-2-6-13(7-3-1)19-16-12(11-18-19)10-17-15-9-5-4-8-14(15)16/h1-11H. The van der Waals surface area contributed by atoms with Crippen LogP contribution >= 0.6 is 0 Å². The lowest BCUT2D eigenvalue weighted by atomic mass is 10.1. The molecule has 0 N–H and O–H groups in total. The molecule has 4 aromatic rings. The molecule has 0 aliphatic carbocycles. The number of hydrogen-bond acceptors (Lipinski definition) is 2. The summed E-state index contributed by atoms with van der Waals surface area (Å²) in [6, 6.07) is 18.3. The molecule has 0 saturated carbocycles. The molecule has 0 radical (unpaired) electrons. The first-order chi connectivity index (χ1) is 9.43. The number of pyridine rings is 1. The maximum Gasteiger partial charge on any atom is 0.0850 e. The van der Waals surface area contributed by atoms with Crippen molar-refractivity contribution >= 4 is 21.8 Å². The lowest BCUT2D eigenvalue weighted by Gasteiger charge is -2.05. The van der Waals surface area contributed by atoms with Gasteiger partial charge in [-0.1, -0.05) is 36.4 Å². The third kappa shape index (κ3) is 1.52. The van der Waals surface area contributed by atoms with E-state index < -0.39 is 0 Å². The van der Waals surface area contributed by atoms with Gasteiger partial charge in [-0.15, -0.1) is 0 Å². The highest BCUT2D eigenvalue weighted by Crippen LogP contribution is 2.25. The Labute approximate surface area is 110 Å². The van der Waals surface area contributed by atoms with E-state index in [2.05, 4.69) is 28.3 Å². The Kier molecular flexibility index (Phi) is 2.12. The first-order valence-corrected chi connectivity index (χ1v) is 6.20. The van der Waals surface area contributed by atoms with Gasteiger partial charge in [0.1, 0.15) is 0 Å². The van der Waals surface area contributed by atoms with E-state index in [1.54, 1.807) is 0 Å². The first kappa shape index (κ1) is 10.3. The van der Waals surface area contributed by atoms with Gasteiger partial charge in [-0.05, 0) is 18.2 Å². The van der Waals surface area contributed by atoms with Crippen LogP contribution in [0.4, 0.5) is 0 Å². The fourth-order valence-electron chi connectivity index (χ4n) is 2.42. The zero-order valence-electron chi connectivity index (χ0n) is 10.2. The second kappa shape index (κ2) is 3.92. The molecular weight excluding hydrogens is 234 g/mol. The van der Waals surface area contributed by atoms with Gasteiger partial charge >= 0.3 is 0 Å². The lowest BCUT2D eigenvalue weighted by Crippen LogP contribution is -1.96. The number of benzene rings is 2. The maximum absolute atomic E-state index is 4.49. The minimum atomic E-state index is 0.993. The predicted octanol–water partition coefficient (Wildman–Crippen LogP) is 3.57. The molecule has 0 spiro atoms. The van der Waals surface area contributed by atoms with Crippen LogP contribution in [0.1, 0.15) is 0 Å². The van der Waals surface area contributed by atoms with Crippen LogP contribution in [0.5, 0.6) is 0 Å². The van der Waals surface area contributed by atoms with Crippen LogP contribution in [0.2, 0.25) is 0 Å². The topological polar surface area (TPSA) is 30.7 Å². The number of aromatic nitrogens is 3. The van der Waals surface area contributed by atoms with Gasteiger partial charge in [0.25, 0.3) is 0 Å². The number of para-hydroxylation sites is 2. The average molecular weight is 245 g/mol. The van der Waals surface area contributed by atoms with Gasteiger partial charge in [0.05, 0.1) is 22.9 Å². The summed E-state index contributed by atoms with van der Waals surface area (Å²) in [6.07, 6.45) is 3.74. The zero-order chi connectivity index (χ0) is 12.7. The monoisotopic (exact) mass is 245 g/mol. The van der Waals surface area contributed by atoms with E-state index in [0.717, 1.165) is 27.5 Å². The Bertz CT molecular complexity index is 863. The van der Waals surface area contributed by atoms with E-state index in [9.17, 15) is 0 Å². The molecule has 2 aromatic heterocycles. The molecule has 0 amide bonds. The summed E-state index contributed by atoms with van der Waals surface area (Å²) >= 11 is 0. The molecule has 0 fully saturated rings. The third-order valence-corrected chi connectivity index (χ3v) is 3.30. The van der Waals surface area contributed by atoms with Gasteiger partial charge in [-0.25, -0.2) is 4.68 Å². The minimum Gasteiger partial charge on any atom is -0.255 e. The highest BCUT2D eigenvalue weighted by Gasteiger charge is 2.08. The van der Waals surface area contributed by atoms with Gasteiger partial charge in [0.2, 0.25) is 0 Å². The summed E-state index contributed by atoms with van der Waals surface area (Å²) in [5.41, 5.74) is 3.17. The maximum atomic E-state index is 4.49. The summed E-state index contributed by atoms with van der Waals surface area (Å²) in [7, 11) is 0. The average Bonchev–Trinajstić information content (AvgIpc) is 2.92. The van der Waals surface area contributed by atoms with Crippen LogP contribution in [-0.4, -0.2) is 14.8 Å². The molecule has 90 valence electrons. The summed E-state index contributed by atoms with van der Waals surface area (Å²) in [6.45, 7) is 0. The predicted molar refractivity (Wildman–Crippen MR) is 76.4 cm³/mol. The van der Waals surface area contributed by atoms with E-state index in [1.807, 2.05) is 53.5 Å². The summed E-state index contributed by atoms with van der Waals surface area (Å²) in [5, 5.41) is 6.68. The Morgan fingerprint density at radius 3 is 2.47 bits per heavy atom. The number of fused-ring (bicyclic) bond motifs is 3. The van der Waals surface area contributed by atoms with Crippen LogP contribution in [0, 0.1) is 0 Å². The van der Waals surface area contributed by atoms with Gasteiger partial charge in [-0.3, -0.25) is 4.98 Å². The molecule has 3 heteroatoms. The zero-order valence-corrected chi connectivity index (χ0v) is 10.2. The van der Waals surface area contributed by atoms with E-state index in [0.29, 0.717) is 0 Å². The summed E-state index contributed by atoms with van der Waals surface area (Å²) in [4.78, 5) is 4.46. The highest BCUT2D eigenvalue weighted by atomic mass is 15.3. The molecule has 19 heavy (non-hydrogen) atoms. The van der Waals surface area contributed by atoms with Crippen LogP contribution in [0.3, 0.4) is 0 Å². The first-order valence-electron chi connectivity index (χ1n) is 6.20. The van der Waals surface area contributed by atoms with E-state index in [-0.39, 0.29) is 0 Å². The molecular formula is C16H11N3. The molecule has 0 bridgehead atoms. The molecule has 0 saturated heterocycles. The van der Waals surface area contributed by atoms with Gasteiger partial charge in [0, 0.05) is 17.0 Å². The Hall–Kier alpha value is -2.68. The second-order valence-corrected chi connectivity index (χ2v) is 4.47. The molecule has 4 rings (SSSR count). The van der Waals surface area contributed by atoms with Crippen LogP contribution in [0.25, 0.3) is 27.5 Å². The van der Waals surface area contributed by atoms with Crippen molar-refractivity contribution < 1.29 is 0 Å². The van der Waals surface area contributed by atoms with Crippen molar-refractivity contribution in [3.8, 4) is 5.69 Å². The van der Waals surface area contributed by atoms with Crippen molar-refractivity contribution in [2.75, 3.05) is 0 Å². The van der Waals surface area contributed by atoms with Crippen LogP contribution in [0.15, 0.2) is 67.0 Å². The molecule has 2 heterocycles. The SMILES string of the molecule is c1ccc(-n2ncc3cnc4ccccc4c32)cc1. The molecule has 0 unspecified atom stereocenters. The Balaban J connectivity index is 2.15. The smallest absolute Gasteiger partial charge is 0.0850 e. The van der Waals surface area contributed by atoms with Crippen molar-refractivity contribution in [3.63, 3.8) is 0 Å². The van der Waals surface area contributed by atoms with Crippen molar-refractivity contribution in [1.82, 2.24) is 14.8 Å². The normalized spacial score (nSPS) is 11.2. The Morgan fingerprint density at radius 2 is 1.58 bits per heavy atom. The minimum absolute atomic E-state index is 0.993. The number of hydrogen-bond donors (Lipinski definition) is 0. The van der Waals surface area contributed by atoms with Crippen LogP contribution in [-0.2, 0) is 0 Å². The molecule has 3 nitrogen and oxygen atoms in total. The van der Waals surface area contributed by atoms with Crippen molar-refractivity contribution in [3.05, 3.63) is 67.0 Å². The second-order valence-electron chi connectivity index (χ2n) is 4.47. The van der Waals surface area contributed by atoms with E-state index in [4.69, 9.17) is 0 Å². The van der Waals surface area contributed by atoms with E-state index in [1.165, 1.54) is 0 Å². The van der Waals surface area contributed by atoms with Crippen molar-refractivity contribution in [2.24, 2.45) is 0 Å². The largest absolute Gasteiger partial charge is 0.255 e. The van der Waals surface area contributed by atoms with Gasteiger partial charge in [0.15, 0.2) is 0 Å².